The lowest BCUT2D eigenvalue weighted by atomic mass is 10.1. The highest BCUT2D eigenvalue weighted by molar-refractivity contribution is 5.83. The van der Waals surface area contributed by atoms with E-state index in [-0.39, 0.29) is 11.9 Å². The van der Waals surface area contributed by atoms with Crippen LogP contribution in [0.2, 0.25) is 0 Å². The van der Waals surface area contributed by atoms with Crippen molar-refractivity contribution in [2.45, 2.75) is 25.8 Å². The van der Waals surface area contributed by atoms with Crippen molar-refractivity contribution in [2.75, 3.05) is 25.1 Å². The first-order chi connectivity index (χ1) is 9.13. The molecule has 0 aliphatic carbocycles. The standard InChI is InChI=1S/C14H23N3O2/c1-3-13(14(16)18)17(9-5-8-15)11-6-4-7-12(10-11)19-2/h4,6-7,10,13H,3,5,8-9,15H2,1-2H3,(H2,16,18). The van der Waals surface area contributed by atoms with Gasteiger partial charge in [-0.15, -0.1) is 0 Å². The molecule has 4 N–H and O–H groups in total. The lowest BCUT2D eigenvalue weighted by molar-refractivity contribution is -0.119. The van der Waals surface area contributed by atoms with Crippen LogP contribution in [0.25, 0.3) is 0 Å². The summed E-state index contributed by atoms with van der Waals surface area (Å²) in [7, 11) is 1.62. The van der Waals surface area contributed by atoms with Crippen LogP contribution < -0.4 is 21.1 Å². The minimum Gasteiger partial charge on any atom is -0.497 e. The van der Waals surface area contributed by atoms with Crippen molar-refractivity contribution in [3.8, 4) is 5.75 Å². The van der Waals surface area contributed by atoms with E-state index in [4.69, 9.17) is 16.2 Å². The van der Waals surface area contributed by atoms with Crippen molar-refractivity contribution in [3.63, 3.8) is 0 Å². The summed E-state index contributed by atoms with van der Waals surface area (Å²) < 4.78 is 5.22. The Balaban J connectivity index is 3.03. The third kappa shape index (κ3) is 4.13. The van der Waals surface area contributed by atoms with Crippen LogP contribution in [-0.4, -0.2) is 32.1 Å². The van der Waals surface area contributed by atoms with Gasteiger partial charge in [-0.2, -0.15) is 0 Å². The Morgan fingerprint density at radius 3 is 2.74 bits per heavy atom. The van der Waals surface area contributed by atoms with E-state index in [2.05, 4.69) is 0 Å². The quantitative estimate of drug-likeness (QED) is 0.738. The van der Waals surface area contributed by atoms with Crippen LogP contribution in [0.1, 0.15) is 19.8 Å². The monoisotopic (exact) mass is 265 g/mol. The fourth-order valence-corrected chi connectivity index (χ4v) is 2.09. The van der Waals surface area contributed by atoms with Gasteiger partial charge < -0.3 is 21.1 Å². The highest BCUT2D eigenvalue weighted by Crippen LogP contribution is 2.23. The Hall–Kier alpha value is -1.75. The second kappa shape index (κ2) is 7.63. The van der Waals surface area contributed by atoms with Gasteiger partial charge in [-0.05, 0) is 31.5 Å². The van der Waals surface area contributed by atoms with Crippen LogP contribution in [0.15, 0.2) is 24.3 Å². The minimum atomic E-state index is -0.321. The number of primary amides is 1. The molecule has 0 heterocycles. The predicted octanol–water partition coefficient (Wildman–Crippen LogP) is 1.11. The fourth-order valence-electron chi connectivity index (χ4n) is 2.09. The van der Waals surface area contributed by atoms with Gasteiger partial charge in [0.2, 0.25) is 5.91 Å². The van der Waals surface area contributed by atoms with Crippen molar-refractivity contribution < 1.29 is 9.53 Å². The van der Waals surface area contributed by atoms with E-state index < -0.39 is 0 Å². The molecule has 0 aliphatic rings. The topological polar surface area (TPSA) is 81.6 Å². The minimum absolute atomic E-state index is 0.317. The molecule has 0 aromatic heterocycles. The zero-order valence-corrected chi connectivity index (χ0v) is 11.6. The molecule has 5 nitrogen and oxygen atoms in total. The number of nitrogens with zero attached hydrogens (tertiary/aromatic N) is 1. The number of carbonyl (C=O) groups is 1. The molecule has 1 amide bonds. The van der Waals surface area contributed by atoms with Gasteiger partial charge in [0, 0.05) is 18.3 Å². The zero-order chi connectivity index (χ0) is 14.3. The molecular weight excluding hydrogens is 242 g/mol. The number of anilines is 1. The number of hydrogen-bond acceptors (Lipinski definition) is 4. The van der Waals surface area contributed by atoms with E-state index in [1.54, 1.807) is 7.11 Å². The number of ether oxygens (including phenoxy) is 1. The van der Waals surface area contributed by atoms with Crippen LogP contribution in [0, 0.1) is 0 Å². The Kier molecular flexibility index (Phi) is 6.15. The third-order valence-electron chi connectivity index (χ3n) is 3.08. The van der Waals surface area contributed by atoms with Crippen molar-refractivity contribution >= 4 is 11.6 Å². The lowest BCUT2D eigenvalue weighted by Gasteiger charge is -2.31. The Morgan fingerprint density at radius 2 is 2.21 bits per heavy atom. The number of nitrogens with two attached hydrogens (primary N) is 2. The molecule has 0 bridgehead atoms. The van der Waals surface area contributed by atoms with Gasteiger partial charge in [0.15, 0.2) is 0 Å². The van der Waals surface area contributed by atoms with Gasteiger partial charge in [-0.3, -0.25) is 4.79 Å². The van der Waals surface area contributed by atoms with Gasteiger partial charge in [0.1, 0.15) is 11.8 Å². The fraction of sp³-hybridized carbons (Fsp3) is 0.500. The van der Waals surface area contributed by atoms with Gasteiger partial charge in [0.25, 0.3) is 0 Å². The van der Waals surface area contributed by atoms with Crippen LogP contribution in [0.5, 0.6) is 5.75 Å². The highest BCUT2D eigenvalue weighted by Gasteiger charge is 2.22. The lowest BCUT2D eigenvalue weighted by Crippen LogP contribution is -2.45. The van der Waals surface area contributed by atoms with Crippen LogP contribution in [0.4, 0.5) is 5.69 Å². The first kappa shape index (κ1) is 15.3. The molecule has 1 rings (SSSR count). The molecule has 1 aromatic rings. The normalized spacial score (nSPS) is 11.9. The molecule has 1 atom stereocenters. The molecular formula is C14H23N3O2. The number of benzene rings is 1. The molecule has 1 unspecified atom stereocenters. The van der Waals surface area contributed by atoms with Gasteiger partial charge in [-0.1, -0.05) is 13.0 Å². The molecule has 5 heteroatoms. The van der Waals surface area contributed by atoms with E-state index in [1.165, 1.54) is 0 Å². The number of methoxy groups -OCH3 is 1. The average Bonchev–Trinajstić information content (AvgIpc) is 2.43. The summed E-state index contributed by atoms with van der Waals surface area (Å²) in [4.78, 5) is 13.6. The summed E-state index contributed by atoms with van der Waals surface area (Å²) in [6, 6.07) is 7.30. The van der Waals surface area contributed by atoms with Gasteiger partial charge in [0.05, 0.1) is 7.11 Å². The van der Waals surface area contributed by atoms with Crippen molar-refractivity contribution in [2.24, 2.45) is 11.5 Å². The predicted molar refractivity (Wildman–Crippen MR) is 77.3 cm³/mol. The number of amides is 1. The number of carbonyl (C=O) groups excluding carboxylic acids is 1. The van der Waals surface area contributed by atoms with E-state index in [9.17, 15) is 4.79 Å². The number of rotatable bonds is 8. The van der Waals surface area contributed by atoms with Crippen LogP contribution >= 0.6 is 0 Å². The Bertz CT molecular complexity index is 409. The van der Waals surface area contributed by atoms with Crippen molar-refractivity contribution in [3.05, 3.63) is 24.3 Å². The summed E-state index contributed by atoms with van der Waals surface area (Å²) in [6.07, 6.45) is 1.47. The van der Waals surface area contributed by atoms with Crippen LogP contribution in [-0.2, 0) is 4.79 Å². The molecule has 0 saturated heterocycles. The van der Waals surface area contributed by atoms with E-state index >= 15 is 0 Å². The number of hydrogen-bond donors (Lipinski definition) is 2. The molecule has 106 valence electrons. The Morgan fingerprint density at radius 1 is 1.47 bits per heavy atom. The molecule has 0 aliphatic heterocycles. The first-order valence-corrected chi connectivity index (χ1v) is 6.54. The van der Waals surface area contributed by atoms with Crippen molar-refractivity contribution in [1.29, 1.82) is 0 Å². The zero-order valence-electron chi connectivity index (χ0n) is 11.6. The summed E-state index contributed by atoms with van der Waals surface area (Å²) in [5.74, 6) is 0.442. The SMILES string of the molecule is CCC(C(N)=O)N(CCCN)c1cccc(OC)c1. The average molecular weight is 265 g/mol. The van der Waals surface area contributed by atoms with Gasteiger partial charge in [-0.25, -0.2) is 0 Å². The summed E-state index contributed by atoms with van der Waals surface area (Å²) in [6.45, 7) is 3.23. The smallest absolute Gasteiger partial charge is 0.240 e. The maximum Gasteiger partial charge on any atom is 0.240 e. The molecule has 1 aromatic carbocycles. The largest absolute Gasteiger partial charge is 0.497 e. The van der Waals surface area contributed by atoms with E-state index in [1.807, 2.05) is 36.1 Å². The third-order valence-corrected chi connectivity index (χ3v) is 3.08. The van der Waals surface area contributed by atoms with Crippen LogP contribution in [0.3, 0.4) is 0 Å². The molecule has 0 radical (unpaired) electrons. The molecule has 0 fully saturated rings. The highest BCUT2D eigenvalue weighted by atomic mass is 16.5. The second-order valence-electron chi connectivity index (χ2n) is 4.36. The Labute approximate surface area is 114 Å². The molecule has 0 spiro atoms. The summed E-state index contributed by atoms with van der Waals surface area (Å²) in [5.41, 5.74) is 12.0. The van der Waals surface area contributed by atoms with Crippen molar-refractivity contribution in [1.82, 2.24) is 0 Å². The molecule has 19 heavy (non-hydrogen) atoms. The van der Waals surface area contributed by atoms with E-state index in [0.29, 0.717) is 19.5 Å². The summed E-state index contributed by atoms with van der Waals surface area (Å²) in [5, 5.41) is 0. The second-order valence-corrected chi connectivity index (χ2v) is 4.36. The van der Waals surface area contributed by atoms with E-state index in [0.717, 1.165) is 17.9 Å². The maximum absolute atomic E-state index is 11.6. The van der Waals surface area contributed by atoms with Gasteiger partial charge >= 0.3 is 0 Å². The molecule has 0 saturated carbocycles. The summed E-state index contributed by atoms with van der Waals surface area (Å²) >= 11 is 0. The first-order valence-electron chi connectivity index (χ1n) is 6.54. The maximum atomic E-state index is 11.6.